The van der Waals surface area contributed by atoms with Crippen LogP contribution in [0.5, 0.6) is 0 Å². The van der Waals surface area contributed by atoms with Gasteiger partial charge in [0.25, 0.3) is 0 Å². The molecule has 0 aromatic heterocycles. The fraction of sp³-hybridized carbons (Fsp3) is 0.917. The van der Waals surface area contributed by atoms with Crippen LogP contribution in [0.3, 0.4) is 0 Å². The topological polar surface area (TPSA) is 26.3 Å². The van der Waals surface area contributed by atoms with Crippen LogP contribution in [-0.4, -0.2) is 17.5 Å². The Hall–Kier alpha value is -0.670. The van der Waals surface area contributed by atoms with Gasteiger partial charge in [0.2, 0.25) is 5.92 Å². The van der Waals surface area contributed by atoms with Crippen LogP contribution in [0, 0.1) is 11.8 Å². The number of hydrogen-bond donors (Lipinski definition) is 0. The normalized spacial score (nSPS) is 45.8. The SMILES string of the molecule is O=C1CC[C@@]2(CC3CC(F)(F)CC[C@H]3C2)O1. The van der Waals surface area contributed by atoms with E-state index in [1.807, 2.05) is 0 Å². The summed E-state index contributed by atoms with van der Waals surface area (Å²) in [6.07, 6.45) is 3.30. The van der Waals surface area contributed by atoms with Crippen LogP contribution in [0.2, 0.25) is 0 Å². The molecule has 2 nitrogen and oxygen atoms in total. The Balaban J connectivity index is 1.75. The quantitative estimate of drug-likeness (QED) is 0.598. The minimum absolute atomic E-state index is 0.00301. The predicted octanol–water partition coefficient (Wildman–Crippen LogP) is 2.91. The number of carbonyl (C=O) groups is 1. The van der Waals surface area contributed by atoms with Crippen molar-refractivity contribution in [3.05, 3.63) is 0 Å². The van der Waals surface area contributed by atoms with E-state index >= 15 is 0 Å². The summed E-state index contributed by atoms with van der Waals surface area (Å²) in [6, 6.07) is 0. The summed E-state index contributed by atoms with van der Waals surface area (Å²) in [5.41, 5.74) is -0.368. The van der Waals surface area contributed by atoms with Gasteiger partial charge in [-0.1, -0.05) is 0 Å². The molecule has 3 fully saturated rings. The summed E-state index contributed by atoms with van der Waals surface area (Å²) >= 11 is 0. The number of fused-ring (bicyclic) bond motifs is 1. The highest BCUT2D eigenvalue weighted by molar-refractivity contribution is 5.72. The van der Waals surface area contributed by atoms with Gasteiger partial charge >= 0.3 is 5.97 Å². The maximum absolute atomic E-state index is 13.3. The van der Waals surface area contributed by atoms with Crippen molar-refractivity contribution in [1.82, 2.24) is 0 Å². The van der Waals surface area contributed by atoms with Crippen molar-refractivity contribution in [2.75, 3.05) is 0 Å². The van der Waals surface area contributed by atoms with Crippen molar-refractivity contribution in [2.45, 2.75) is 56.5 Å². The molecule has 3 aliphatic rings. The molecule has 0 radical (unpaired) electrons. The van der Waals surface area contributed by atoms with E-state index in [-0.39, 0.29) is 30.3 Å². The first-order valence-electron chi connectivity index (χ1n) is 6.08. The second kappa shape index (κ2) is 3.17. The molecule has 1 heterocycles. The Morgan fingerprint density at radius 2 is 1.88 bits per heavy atom. The first-order chi connectivity index (χ1) is 7.48. The fourth-order valence-corrected chi connectivity index (χ4v) is 3.79. The number of esters is 1. The van der Waals surface area contributed by atoms with E-state index in [9.17, 15) is 13.6 Å². The van der Waals surface area contributed by atoms with Crippen LogP contribution in [0.15, 0.2) is 0 Å². The van der Waals surface area contributed by atoms with Crippen molar-refractivity contribution in [3.8, 4) is 0 Å². The average Bonchev–Trinajstić information content (AvgIpc) is 2.68. The van der Waals surface area contributed by atoms with Crippen molar-refractivity contribution in [3.63, 3.8) is 0 Å². The number of ether oxygens (including phenoxy) is 1. The number of alkyl halides is 2. The van der Waals surface area contributed by atoms with E-state index in [0.29, 0.717) is 25.2 Å². The van der Waals surface area contributed by atoms with Crippen LogP contribution in [0.4, 0.5) is 8.78 Å². The summed E-state index contributed by atoms with van der Waals surface area (Å²) in [5.74, 6) is -2.22. The Morgan fingerprint density at radius 1 is 1.12 bits per heavy atom. The zero-order valence-corrected chi connectivity index (χ0v) is 9.18. The van der Waals surface area contributed by atoms with Gasteiger partial charge in [0.1, 0.15) is 5.60 Å². The minimum Gasteiger partial charge on any atom is -0.459 e. The van der Waals surface area contributed by atoms with Crippen LogP contribution >= 0.6 is 0 Å². The summed E-state index contributed by atoms with van der Waals surface area (Å²) in [7, 11) is 0. The molecule has 0 aromatic carbocycles. The third-order valence-electron chi connectivity index (χ3n) is 4.49. The number of rotatable bonds is 0. The van der Waals surface area contributed by atoms with Gasteiger partial charge in [-0.3, -0.25) is 4.79 Å². The lowest BCUT2D eigenvalue weighted by Gasteiger charge is -2.30. The molecule has 0 N–H and O–H groups in total. The number of carbonyl (C=O) groups excluding carboxylic acids is 1. The number of halogens is 2. The summed E-state index contributed by atoms with van der Waals surface area (Å²) < 4.78 is 32.0. The van der Waals surface area contributed by atoms with Crippen molar-refractivity contribution in [1.29, 1.82) is 0 Å². The lowest BCUT2D eigenvalue weighted by Crippen LogP contribution is -2.29. The van der Waals surface area contributed by atoms with E-state index in [1.165, 1.54) is 0 Å². The van der Waals surface area contributed by atoms with Crippen LogP contribution in [0.25, 0.3) is 0 Å². The molecule has 90 valence electrons. The second-order valence-electron chi connectivity index (χ2n) is 5.68. The molecule has 3 atom stereocenters. The van der Waals surface area contributed by atoms with Gasteiger partial charge in [-0.05, 0) is 37.5 Å². The standard InChI is InChI=1S/C12H16F2O2/c13-12(14)4-1-8-5-11(6-9(8)7-12)3-2-10(15)16-11/h8-9H,1-7H2/t8-,9?,11+/m0/s1. The highest BCUT2D eigenvalue weighted by Gasteiger charge is 2.55. The average molecular weight is 230 g/mol. The highest BCUT2D eigenvalue weighted by atomic mass is 19.3. The van der Waals surface area contributed by atoms with E-state index < -0.39 is 5.92 Å². The molecule has 0 bridgehead atoms. The molecule has 0 aromatic rings. The van der Waals surface area contributed by atoms with Crippen molar-refractivity contribution in [2.24, 2.45) is 11.8 Å². The van der Waals surface area contributed by atoms with Gasteiger partial charge in [0.05, 0.1) is 0 Å². The zero-order chi connectivity index (χ0) is 11.4. The monoisotopic (exact) mass is 230 g/mol. The third kappa shape index (κ3) is 1.62. The lowest BCUT2D eigenvalue weighted by atomic mass is 9.80. The molecule has 1 unspecified atom stereocenters. The largest absolute Gasteiger partial charge is 0.459 e. The van der Waals surface area contributed by atoms with Crippen LogP contribution < -0.4 is 0 Å². The molecule has 2 saturated carbocycles. The summed E-state index contributed by atoms with van der Waals surface area (Å²) in [6.45, 7) is 0. The molecule has 0 amide bonds. The van der Waals surface area contributed by atoms with E-state index in [4.69, 9.17) is 4.74 Å². The Kier molecular flexibility index (Phi) is 2.08. The first-order valence-corrected chi connectivity index (χ1v) is 6.08. The minimum atomic E-state index is -2.49. The Morgan fingerprint density at radius 3 is 2.56 bits per heavy atom. The first kappa shape index (κ1) is 10.5. The van der Waals surface area contributed by atoms with Crippen LogP contribution in [0.1, 0.15) is 44.9 Å². The predicted molar refractivity (Wildman–Crippen MR) is 53.1 cm³/mol. The Bertz CT molecular complexity index is 329. The van der Waals surface area contributed by atoms with Gasteiger partial charge < -0.3 is 4.74 Å². The third-order valence-corrected chi connectivity index (χ3v) is 4.49. The summed E-state index contributed by atoms with van der Waals surface area (Å²) in [4.78, 5) is 11.2. The molecule has 1 saturated heterocycles. The molecule has 1 spiro atoms. The van der Waals surface area contributed by atoms with E-state index in [1.54, 1.807) is 0 Å². The van der Waals surface area contributed by atoms with E-state index in [0.717, 1.165) is 12.8 Å². The molecular weight excluding hydrogens is 214 g/mol. The zero-order valence-electron chi connectivity index (χ0n) is 9.18. The molecular formula is C12H16F2O2. The smallest absolute Gasteiger partial charge is 0.306 e. The number of hydrogen-bond acceptors (Lipinski definition) is 2. The van der Waals surface area contributed by atoms with Crippen LogP contribution in [-0.2, 0) is 9.53 Å². The molecule has 16 heavy (non-hydrogen) atoms. The van der Waals surface area contributed by atoms with E-state index in [2.05, 4.69) is 0 Å². The summed E-state index contributed by atoms with van der Waals surface area (Å²) in [5, 5.41) is 0. The van der Waals surface area contributed by atoms with Gasteiger partial charge in [0, 0.05) is 19.3 Å². The van der Waals surface area contributed by atoms with Crippen molar-refractivity contribution < 1.29 is 18.3 Å². The molecule has 4 heteroatoms. The molecule has 2 aliphatic carbocycles. The molecule has 3 rings (SSSR count). The maximum Gasteiger partial charge on any atom is 0.306 e. The Labute approximate surface area is 93.3 Å². The maximum atomic E-state index is 13.3. The second-order valence-corrected chi connectivity index (χ2v) is 5.68. The van der Waals surface area contributed by atoms with Gasteiger partial charge in [-0.2, -0.15) is 0 Å². The van der Waals surface area contributed by atoms with Gasteiger partial charge in [-0.25, -0.2) is 8.78 Å². The van der Waals surface area contributed by atoms with Crippen molar-refractivity contribution >= 4 is 5.97 Å². The fourth-order valence-electron chi connectivity index (χ4n) is 3.79. The molecule has 1 aliphatic heterocycles. The van der Waals surface area contributed by atoms with Gasteiger partial charge in [-0.15, -0.1) is 0 Å². The highest BCUT2D eigenvalue weighted by Crippen LogP contribution is 2.55. The lowest BCUT2D eigenvalue weighted by molar-refractivity contribution is -0.148. The van der Waals surface area contributed by atoms with Gasteiger partial charge in [0.15, 0.2) is 0 Å².